The third-order valence-electron chi connectivity index (χ3n) is 6.03. The van der Waals surface area contributed by atoms with Crippen molar-refractivity contribution in [3.05, 3.63) is 70.6 Å². The number of ether oxygens (including phenoxy) is 3. The third-order valence-corrected chi connectivity index (χ3v) is 6.32. The number of alkyl halides is 3. The van der Waals surface area contributed by atoms with E-state index in [0.29, 0.717) is 0 Å². The summed E-state index contributed by atoms with van der Waals surface area (Å²) >= 11 is 5.86. The van der Waals surface area contributed by atoms with Gasteiger partial charge in [0.05, 0.1) is 37.6 Å². The molecule has 1 heterocycles. The molecule has 8 nitrogen and oxygen atoms in total. The zero-order valence-corrected chi connectivity index (χ0v) is 22.4. The molecule has 40 heavy (non-hydrogen) atoms. The maximum Gasteiger partial charge on any atom is 0.403 e. The van der Waals surface area contributed by atoms with Crippen LogP contribution < -0.4 is 19.5 Å². The molecule has 216 valence electrons. The summed E-state index contributed by atoms with van der Waals surface area (Å²) in [5, 5.41) is 21.4. The fourth-order valence-electron chi connectivity index (χ4n) is 3.76. The summed E-state index contributed by atoms with van der Waals surface area (Å²) in [6, 6.07) is 9.70. The number of aliphatic hydroxyl groups is 2. The van der Waals surface area contributed by atoms with Crippen molar-refractivity contribution in [2.75, 3.05) is 34.0 Å². The minimum Gasteiger partial charge on any atom is -0.494 e. The highest BCUT2D eigenvalue weighted by Crippen LogP contribution is 2.42. The third kappa shape index (κ3) is 6.57. The number of aliphatic hydroxyl groups excluding tert-OH is 2. The zero-order valence-electron chi connectivity index (χ0n) is 21.7. The van der Waals surface area contributed by atoms with Crippen molar-refractivity contribution in [3.8, 4) is 28.5 Å². The van der Waals surface area contributed by atoms with Crippen molar-refractivity contribution >= 4 is 17.5 Å². The Balaban J connectivity index is 1.97. The van der Waals surface area contributed by atoms with Gasteiger partial charge in [0.25, 0.3) is 5.91 Å². The normalized spacial score (nSPS) is 13.8. The molecule has 3 rings (SSSR count). The van der Waals surface area contributed by atoms with Gasteiger partial charge in [0.1, 0.15) is 29.3 Å². The molecule has 0 aliphatic carbocycles. The van der Waals surface area contributed by atoms with Gasteiger partial charge in [-0.15, -0.1) is 0 Å². The number of hydrogen-bond donors (Lipinski definition) is 3. The van der Waals surface area contributed by atoms with Crippen LogP contribution in [0.25, 0.3) is 11.3 Å². The van der Waals surface area contributed by atoms with Gasteiger partial charge in [-0.25, -0.2) is 9.37 Å². The van der Waals surface area contributed by atoms with Crippen molar-refractivity contribution in [2.24, 2.45) is 0 Å². The molecule has 3 aromatic rings. The molecule has 0 aliphatic rings. The number of halogens is 5. The summed E-state index contributed by atoms with van der Waals surface area (Å²) in [6.07, 6.45) is -5.83. The van der Waals surface area contributed by atoms with Gasteiger partial charge < -0.3 is 29.7 Å². The molecule has 1 unspecified atom stereocenters. The molecule has 2 atom stereocenters. The minimum absolute atomic E-state index is 0.0420. The first-order valence-electron chi connectivity index (χ1n) is 11.8. The molecule has 0 aliphatic heterocycles. The SMILES string of the molecule is COc1cc(C(=O)NCC(CO)(c2ccc(OC)c(-c3ccc(F)c(Cl)c3)n2)C(F)(F)F)ccc1OC[C@@H](C)O. The van der Waals surface area contributed by atoms with Gasteiger partial charge >= 0.3 is 6.18 Å². The minimum atomic E-state index is -5.06. The average Bonchev–Trinajstić information content (AvgIpc) is 2.92. The number of nitrogens with one attached hydrogen (secondary N) is 1. The van der Waals surface area contributed by atoms with Crippen LogP contribution in [0.5, 0.6) is 17.2 Å². The molecule has 0 saturated heterocycles. The molecular formula is C27H27ClF4N2O6. The number of aromatic nitrogens is 1. The number of nitrogens with zero attached hydrogens (tertiary/aromatic N) is 1. The first-order chi connectivity index (χ1) is 18.9. The highest BCUT2D eigenvalue weighted by atomic mass is 35.5. The van der Waals surface area contributed by atoms with Crippen LogP contribution in [0.1, 0.15) is 23.0 Å². The first kappa shape index (κ1) is 30.9. The Morgan fingerprint density at radius 2 is 1.73 bits per heavy atom. The van der Waals surface area contributed by atoms with Crippen molar-refractivity contribution < 1.29 is 46.8 Å². The molecule has 0 fully saturated rings. The lowest BCUT2D eigenvalue weighted by atomic mass is 9.83. The maximum absolute atomic E-state index is 14.6. The summed E-state index contributed by atoms with van der Waals surface area (Å²) < 4.78 is 73.2. The van der Waals surface area contributed by atoms with Crippen LogP contribution in [0.3, 0.4) is 0 Å². The number of hydrogen-bond acceptors (Lipinski definition) is 7. The van der Waals surface area contributed by atoms with E-state index < -0.39 is 48.3 Å². The van der Waals surface area contributed by atoms with E-state index in [9.17, 15) is 32.6 Å². The summed E-state index contributed by atoms with van der Waals surface area (Å²) in [4.78, 5) is 17.0. The number of benzene rings is 2. The Kier molecular flexibility index (Phi) is 9.82. The second kappa shape index (κ2) is 12.7. The molecule has 13 heteroatoms. The van der Waals surface area contributed by atoms with Gasteiger partial charge in [-0.1, -0.05) is 11.6 Å². The van der Waals surface area contributed by atoms with Gasteiger partial charge in [0, 0.05) is 17.7 Å². The molecule has 1 aromatic heterocycles. The van der Waals surface area contributed by atoms with Gasteiger partial charge in [0.2, 0.25) is 0 Å². The van der Waals surface area contributed by atoms with Crippen LogP contribution in [-0.4, -0.2) is 67.4 Å². The molecular weight excluding hydrogens is 560 g/mol. The topological polar surface area (TPSA) is 110 Å². The summed E-state index contributed by atoms with van der Waals surface area (Å²) in [5.74, 6) is -1.20. The molecule has 0 bridgehead atoms. The van der Waals surface area contributed by atoms with Gasteiger partial charge in [-0.2, -0.15) is 13.2 Å². The fraction of sp³-hybridized carbons (Fsp3) is 0.333. The molecule has 0 saturated carbocycles. The van der Waals surface area contributed by atoms with E-state index in [2.05, 4.69) is 10.3 Å². The van der Waals surface area contributed by atoms with Crippen molar-refractivity contribution in [1.82, 2.24) is 10.3 Å². The van der Waals surface area contributed by atoms with Gasteiger partial charge in [-0.05, 0) is 55.5 Å². The number of carbonyl (C=O) groups excluding carboxylic acids is 1. The highest BCUT2D eigenvalue weighted by molar-refractivity contribution is 6.31. The van der Waals surface area contributed by atoms with Crippen LogP contribution in [0.4, 0.5) is 17.6 Å². The van der Waals surface area contributed by atoms with Crippen LogP contribution in [-0.2, 0) is 5.41 Å². The number of rotatable bonds is 11. The van der Waals surface area contributed by atoms with E-state index in [1.165, 1.54) is 57.5 Å². The monoisotopic (exact) mass is 586 g/mol. The highest BCUT2D eigenvalue weighted by Gasteiger charge is 2.57. The van der Waals surface area contributed by atoms with Crippen LogP contribution in [0.15, 0.2) is 48.5 Å². The van der Waals surface area contributed by atoms with E-state index in [0.717, 1.165) is 12.1 Å². The first-order valence-corrected chi connectivity index (χ1v) is 12.2. The van der Waals surface area contributed by atoms with E-state index >= 15 is 0 Å². The number of methoxy groups -OCH3 is 2. The van der Waals surface area contributed by atoms with E-state index in [-0.39, 0.29) is 45.7 Å². The summed E-state index contributed by atoms with van der Waals surface area (Å²) in [7, 11) is 2.59. The lowest BCUT2D eigenvalue weighted by Gasteiger charge is -2.34. The molecule has 0 spiro atoms. The Morgan fingerprint density at radius 1 is 1.05 bits per heavy atom. The van der Waals surface area contributed by atoms with Crippen LogP contribution in [0, 0.1) is 5.82 Å². The Bertz CT molecular complexity index is 1360. The summed E-state index contributed by atoms with van der Waals surface area (Å²) in [6.45, 7) is -1.06. The predicted octanol–water partition coefficient (Wildman–Crippen LogP) is 4.54. The predicted molar refractivity (Wildman–Crippen MR) is 139 cm³/mol. The molecule has 2 aromatic carbocycles. The Labute approximate surface area is 232 Å². The molecule has 1 amide bonds. The Hall–Kier alpha value is -3.61. The van der Waals surface area contributed by atoms with Crippen LogP contribution >= 0.6 is 11.6 Å². The lowest BCUT2D eigenvalue weighted by Crippen LogP contribution is -2.54. The van der Waals surface area contributed by atoms with E-state index in [1.807, 2.05) is 0 Å². The second-order valence-corrected chi connectivity index (χ2v) is 9.23. The van der Waals surface area contributed by atoms with Gasteiger partial charge in [-0.3, -0.25) is 4.79 Å². The molecule has 0 radical (unpaired) electrons. The van der Waals surface area contributed by atoms with Crippen molar-refractivity contribution in [3.63, 3.8) is 0 Å². The Morgan fingerprint density at radius 3 is 2.30 bits per heavy atom. The maximum atomic E-state index is 14.6. The largest absolute Gasteiger partial charge is 0.494 e. The average molecular weight is 587 g/mol. The quantitative estimate of drug-likeness (QED) is 0.283. The van der Waals surface area contributed by atoms with Gasteiger partial charge in [0.15, 0.2) is 11.5 Å². The second-order valence-electron chi connectivity index (χ2n) is 8.82. The number of pyridine rings is 1. The standard InChI is InChI=1S/C27H27ClF4N2O6/c1-15(36)12-40-20-7-5-17(11-22(20)39-3)25(37)33-13-26(14-35,27(30,31)32)23-9-8-21(38-2)24(34-23)16-4-6-19(29)18(28)10-16/h4-11,15,35-36H,12-14H2,1-3H3,(H,33,37)/t15-,26?/m1/s1. The van der Waals surface area contributed by atoms with Crippen LogP contribution in [0.2, 0.25) is 5.02 Å². The zero-order chi connectivity index (χ0) is 29.7. The van der Waals surface area contributed by atoms with E-state index in [4.69, 9.17) is 25.8 Å². The lowest BCUT2D eigenvalue weighted by molar-refractivity contribution is -0.200. The summed E-state index contributed by atoms with van der Waals surface area (Å²) in [5.41, 5.74) is -3.57. The number of amides is 1. The van der Waals surface area contributed by atoms with Crippen molar-refractivity contribution in [1.29, 1.82) is 0 Å². The van der Waals surface area contributed by atoms with E-state index in [1.54, 1.807) is 0 Å². The smallest absolute Gasteiger partial charge is 0.403 e. The molecule has 3 N–H and O–H groups in total. The van der Waals surface area contributed by atoms with Crippen molar-refractivity contribution in [2.45, 2.75) is 24.6 Å². The fourth-order valence-corrected chi connectivity index (χ4v) is 3.94. The number of carbonyl (C=O) groups is 1.